The van der Waals surface area contributed by atoms with E-state index in [-0.39, 0.29) is 6.54 Å². The van der Waals surface area contributed by atoms with Crippen molar-refractivity contribution >= 4 is 55.0 Å². The van der Waals surface area contributed by atoms with Crippen molar-refractivity contribution in [3.63, 3.8) is 0 Å². The molecule has 5 nitrogen and oxygen atoms in total. The number of amides is 1. The molecular formula is C23H23BrN2O3S2. The third-order valence-electron chi connectivity index (χ3n) is 4.50. The summed E-state index contributed by atoms with van der Waals surface area (Å²) in [5.41, 5.74) is 3.09. The summed E-state index contributed by atoms with van der Waals surface area (Å²) in [6.07, 6.45) is 1.09. The Morgan fingerprint density at radius 1 is 1.03 bits per heavy atom. The molecule has 0 aliphatic rings. The number of nitrogens with one attached hydrogen (secondary N) is 1. The van der Waals surface area contributed by atoms with Crippen molar-refractivity contribution in [3.05, 3.63) is 88.4 Å². The first-order valence-corrected chi connectivity index (χ1v) is 13.2. The van der Waals surface area contributed by atoms with Gasteiger partial charge in [0.05, 0.1) is 11.9 Å². The number of anilines is 2. The fourth-order valence-corrected chi connectivity index (χ4v) is 4.85. The van der Waals surface area contributed by atoms with Gasteiger partial charge >= 0.3 is 0 Å². The Balaban J connectivity index is 1.63. The van der Waals surface area contributed by atoms with Crippen molar-refractivity contribution < 1.29 is 13.2 Å². The molecule has 3 rings (SSSR count). The third kappa shape index (κ3) is 6.85. The van der Waals surface area contributed by atoms with E-state index in [9.17, 15) is 13.2 Å². The highest BCUT2D eigenvalue weighted by molar-refractivity contribution is 9.10. The molecule has 0 atom stereocenters. The molecular weight excluding hydrogens is 496 g/mol. The molecule has 0 aliphatic heterocycles. The van der Waals surface area contributed by atoms with E-state index in [0.29, 0.717) is 11.4 Å². The first kappa shape index (κ1) is 23.4. The molecule has 0 fully saturated rings. The summed E-state index contributed by atoms with van der Waals surface area (Å²) in [7, 11) is -3.62. The lowest BCUT2D eigenvalue weighted by Gasteiger charge is -2.22. The molecule has 0 saturated carbocycles. The zero-order chi connectivity index (χ0) is 22.4. The van der Waals surface area contributed by atoms with Crippen LogP contribution in [-0.4, -0.2) is 27.1 Å². The smallest absolute Gasteiger partial charge is 0.245 e. The monoisotopic (exact) mass is 518 g/mol. The van der Waals surface area contributed by atoms with Crippen LogP contribution >= 0.6 is 27.7 Å². The van der Waals surface area contributed by atoms with Gasteiger partial charge in [0.25, 0.3) is 0 Å². The first-order valence-electron chi connectivity index (χ1n) is 9.53. The number of hydrogen-bond acceptors (Lipinski definition) is 4. The number of carbonyl (C=O) groups is 1. The average molecular weight is 519 g/mol. The summed E-state index contributed by atoms with van der Waals surface area (Å²) in [6.45, 7) is 1.57. The van der Waals surface area contributed by atoms with Gasteiger partial charge in [-0.1, -0.05) is 46.3 Å². The maximum absolute atomic E-state index is 12.6. The van der Waals surface area contributed by atoms with Gasteiger partial charge < -0.3 is 5.32 Å². The molecule has 0 heterocycles. The molecule has 1 amide bonds. The van der Waals surface area contributed by atoms with Crippen molar-refractivity contribution in [1.82, 2.24) is 0 Å². The Kier molecular flexibility index (Phi) is 7.80. The fraction of sp³-hybridized carbons (Fsp3) is 0.174. The van der Waals surface area contributed by atoms with Gasteiger partial charge in [0.15, 0.2) is 0 Å². The predicted molar refractivity (Wildman–Crippen MR) is 132 cm³/mol. The van der Waals surface area contributed by atoms with Crippen molar-refractivity contribution in [2.45, 2.75) is 17.6 Å². The quantitative estimate of drug-likeness (QED) is 0.402. The van der Waals surface area contributed by atoms with Gasteiger partial charge in [-0.15, -0.1) is 11.8 Å². The van der Waals surface area contributed by atoms with Gasteiger partial charge in [0.1, 0.15) is 6.54 Å². The summed E-state index contributed by atoms with van der Waals surface area (Å²) in [6, 6.07) is 22.9. The molecule has 0 spiro atoms. The zero-order valence-electron chi connectivity index (χ0n) is 17.2. The molecule has 0 bridgehead atoms. The maximum Gasteiger partial charge on any atom is 0.245 e. The van der Waals surface area contributed by atoms with E-state index in [1.165, 1.54) is 4.90 Å². The van der Waals surface area contributed by atoms with Crippen molar-refractivity contribution in [3.8, 4) is 0 Å². The van der Waals surface area contributed by atoms with Gasteiger partial charge in [-0.2, -0.15) is 0 Å². The highest BCUT2D eigenvalue weighted by Gasteiger charge is 2.21. The van der Waals surface area contributed by atoms with E-state index in [4.69, 9.17) is 0 Å². The number of halogens is 1. The lowest BCUT2D eigenvalue weighted by Crippen LogP contribution is -2.37. The zero-order valence-corrected chi connectivity index (χ0v) is 20.4. The van der Waals surface area contributed by atoms with Crippen molar-refractivity contribution in [2.75, 3.05) is 22.4 Å². The van der Waals surface area contributed by atoms with Crippen molar-refractivity contribution in [1.29, 1.82) is 0 Å². The summed E-state index contributed by atoms with van der Waals surface area (Å²) in [4.78, 5) is 13.8. The molecule has 8 heteroatoms. The Labute approximate surface area is 196 Å². The van der Waals surface area contributed by atoms with Crippen LogP contribution < -0.4 is 9.62 Å². The summed E-state index contributed by atoms with van der Waals surface area (Å²) >= 11 is 5.15. The molecule has 0 aromatic heterocycles. The van der Waals surface area contributed by atoms with Crippen LogP contribution in [0.25, 0.3) is 0 Å². The molecule has 3 aromatic rings. The average Bonchev–Trinajstić information content (AvgIpc) is 2.73. The lowest BCUT2D eigenvalue weighted by molar-refractivity contribution is -0.114. The van der Waals surface area contributed by atoms with Gasteiger partial charge in [-0.3, -0.25) is 9.10 Å². The van der Waals surface area contributed by atoms with Gasteiger partial charge in [0.2, 0.25) is 15.9 Å². The second kappa shape index (κ2) is 10.3. The minimum absolute atomic E-state index is 0.300. The van der Waals surface area contributed by atoms with Crippen LogP contribution in [0, 0.1) is 6.92 Å². The second-order valence-electron chi connectivity index (χ2n) is 7.05. The van der Waals surface area contributed by atoms with E-state index in [1.54, 1.807) is 30.0 Å². The van der Waals surface area contributed by atoms with E-state index in [1.807, 2.05) is 49.4 Å². The van der Waals surface area contributed by atoms with Crippen LogP contribution in [0.15, 0.2) is 82.2 Å². The Morgan fingerprint density at radius 3 is 2.32 bits per heavy atom. The molecule has 0 aliphatic carbocycles. The molecule has 0 radical (unpaired) electrons. The van der Waals surface area contributed by atoms with Gasteiger partial charge in [-0.05, 0) is 60.5 Å². The van der Waals surface area contributed by atoms with Crippen LogP contribution in [0.5, 0.6) is 0 Å². The normalized spacial score (nSPS) is 11.2. The van der Waals surface area contributed by atoms with E-state index in [2.05, 4.69) is 33.4 Å². The topological polar surface area (TPSA) is 66.5 Å². The number of rotatable bonds is 8. The number of sulfonamides is 1. The molecule has 1 N–H and O–H groups in total. The number of thioether (sulfide) groups is 1. The molecule has 0 unspecified atom stereocenters. The summed E-state index contributed by atoms with van der Waals surface area (Å²) in [5, 5.41) is 2.78. The molecule has 162 valence electrons. The largest absolute Gasteiger partial charge is 0.325 e. The summed E-state index contributed by atoms with van der Waals surface area (Å²) in [5.74, 6) is 0.417. The standard InChI is InChI=1S/C23H23BrN2O3S2/c1-17-14-20(12-13-22(17)24)26(31(2,28)29)15-23(27)25-19-10-8-18(9-11-19)16-30-21-6-4-3-5-7-21/h3-14H,15-16H2,1-2H3,(H,25,27). The highest BCUT2D eigenvalue weighted by Crippen LogP contribution is 2.25. The number of benzene rings is 3. The minimum Gasteiger partial charge on any atom is -0.325 e. The molecule has 0 saturated heterocycles. The Bertz CT molecular complexity index is 1150. The van der Waals surface area contributed by atoms with Crippen LogP contribution in [0.3, 0.4) is 0 Å². The van der Waals surface area contributed by atoms with E-state index in [0.717, 1.165) is 31.9 Å². The van der Waals surface area contributed by atoms with Crippen LogP contribution in [0.1, 0.15) is 11.1 Å². The van der Waals surface area contributed by atoms with Crippen LogP contribution in [0.2, 0.25) is 0 Å². The Hall–Kier alpha value is -2.29. The van der Waals surface area contributed by atoms with E-state index < -0.39 is 15.9 Å². The van der Waals surface area contributed by atoms with Crippen molar-refractivity contribution in [2.24, 2.45) is 0 Å². The number of carbonyl (C=O) groups excluding carboxylic acids is 1. The SMILES string of the molecule is Cc1cc(N(CC(=O)Nc2ccc(CSc3ccccc3)cc2)S(C)(=O)=O)ccc1Br. The minimum atomic E-state index is -3.62. The second-order valence-corrected chi connectivity index (χ2v) is 10.9. The predicted octanol–water partition coefficient (Wildman–Crippen LogP) is 5.45. The third-order valence-corrected chi connectivity index (χ3v) is 7.62. The summed E-state index contributed by atoms with van der Waals surface area (Å²) < 4.78 is 26.5. The van der Waals surface area contributed by atoms with E-state index >= 15 is 0 Å². The highest BCUT2D eigenvalue weighted by atomic mass is 79.9. The first-order chi connectivity index (χ1) is 14.7. The van der Waals surface area contributed by atoms with Gasteiger partial charge in [-0.25, -0.2) is 8.42 Å². The van der Waals surface area contributed by atoms with Gasteiger partial charge in [0, 0.05) is 20.8 Å². The molecule has 3 aromatic carbocycles. The number of nitrogens with zero attached hydrogens (tertiary/aromatic N) is 1. The Morgan fingerprint density at radius 2 is 1.71 bits per heavy atom. The fourth-order valence-electron chi connectivity index (χ4n) is 2.88. The van der Waals surface area contributed by atoms with Crippen LogP contribution in [0.4, 0.5) is 11.4 Å². The lowest BCUT2D eigenvalue weighted by atomic mass is 10.2. The maximum atomic E-state index is 12.6. The number of aryl methyl sites for hydroxylation is 1. The number of hydrogen-bond donors (Lipinski definition) is 1. The molecule has 31 heavy (non-hydrogen) atoms. The van der Waals surface area contributed by atoms with Crippen LogP contribution in [-0.2, 0) is 20.6 Å².